The predicted molar refractivity (Wildman–Crippen MR) is 72.9 cm³/mol. The minimum absolute atomic E-state index is 0.159. The van der Waals surface area contributed by atoms with Gasteiger partial charge in [-0.3, -0.25) is 4.79 Å². The molecule has 4 aliphatic rings. The topological polar surface area (TPSA) is 26.3 Å². The highest BCUT2D eigenvalue weighted by molar-refractivity contribution is 5.67. The molecule has 19 heavy (non-hydrogen) atoms. The summed E-state index contributed by atoms with van der Waals surface area (Å²) in [5.74, 6) is 6.53. The summed E-state index contributed by atoms with van der Waals surface area (Å²) in [6.45, 7) is 5.68. The molecule has 0 N–H and O–H groups in total. The highest BCUT2D eigenvalue weighted by Crippen LogP contribution is 2.76. The number of esters is 1. The van der Waals surface area contributed by atoms with Gasteiger partial charge >= 0.3 is 5.97 Å². The largest absolute Gasteiger partial charge is 0.431 e. The Morgan fingerprint density at radius 2 is 1.84 bits per heavy atom. The normalized spacial score (nSPS) is 47.8. The summed E-state index contributed by atoms with van der Waals surface area (Å²) in [6.07, 6.45) is 7.58. The van der Waals surface area contributed by atoms with Crippen molar-refractivity contribution >= 4 is 5.97 Å². The Labute approximate surface area is 114 Å². The van der Waals surface area contributed by atoms with E-state index in [4.69, 9.17) is 4.74 Å². The summed E-state index contributed by atoms with van der Waals surface area (Å²) >= 11 is 0. The minimum Gasteiger partial charge on any atom is -0.431 e. The lowest BCUT2D eigenvalue weighted by Crippen LogP contribution is -2.18. The maximum absolute atomic E-state index is 11.3. The third-order valence-corrected chi connectivity index (χ3v) is 6.02. The molecule has 0 heterocycles. The molecule has 3 saturated carbocycles. The zero-order valence-electron chi connectivity index (χ0n) is 11.9. The fourth-order valence-electron chi connectivity index (χ4n) is 5.59. The van der Waals surface area contributed by atoms with Crippen molar-refractivity contribution in [1.29, 1.82) is 0 Å². The molecule has 0 saturated heterocycles. The van der Waals surface area contributed by atoms with E-state index in [1.807, 2.05) is 0 Å². The Hall–Kier alpha value is -1.05. The standard InChI is InChI=1S/C17H22O2/c1-8(2)17(19-9(3)18)16-14-12-7-13(15(14)16)11-6-4-5-10(11)12/h4-5,10-16H,6-7H2,1-3H3/t10-,11+,12+,13-,14+,15-,16-/m1/s1. The first-order valence-electron chi connectivity index (χ1n) is 7.62. The van der Waals surface area contributed by atoms with E-state index in [0.29, 0.717) is 5.92 Å². The summed E-state index contributed by atoms with van der Waals surface area (Å²) < 4.78 is 5.54. The summed E-state index contributed by atoms with van der Waals surface area (Å²) in [5.41, 5.74) is 1.19. The number of ether oxygens (including phenoxy) is 1. The summed E-state index contributed by atoms with van der Waals surface area (Å²) in [4.78, 5) is 11.3. The Balaban J connectivity index is 1.60. The molecule has 0 aliphatic heterocycles. The van der Waals surface area contributed by atoms with Gasteiger partial charge in [-0.15, -0.1) is 0 Å². The van der Waals surface area contributed by atoms with Crippen molar-refractivity contribution in [2.24, 2.45) is 41.4 Å². The van der Waals surface area contributed by atoms with Crippen molar-refractivity contribution in [3.05, 3.63) is 23.5 Å². The van der Waals surface area contributed by atoms with Gasteiger partial charge in [0.25, 0.3) is 0 Å². The van der Waals surface area contributed by atoms with Gasteiger partial charge in [-0.2, -0.15) is 0 Å². The lowest BCUT2D eigenvalue weighted by Gasteiger charge is -2.22. The molecule has 102 valence electrons. The van der Waals surface area contributed by atoms with Crippen LogP contribution < -0.4 is 0 Å². The zero-order chi connectivity index (χ0) is 13.3. The molecule has 2 nitrogen and oxygen atoms in total. The second-order valence-corrected chi connectivity index (χ2v) is 7.11. The van der Waals surface area contributed by atoms with Crippen LogP contribution in [0.4, 0.5) is 0 Å². The molecule has 0 unspecified atom stereocenters. The van der Waals surface area contributed by atoms with Crippen molar-refractivity contribution in [2.45, 2.75) is 33.6 Å². The number of hydrogen-bond donors (Lipinski definition) is 0. The molecule has 0 aromatic carbocycles. The van der Waals surface area contributed by atoms with Gasteiger partial charge in [0, 0.05) is 12.8 Å². The zero-order valence-corrected chi connectivity index (χ0v) is 11.9. The van der Waals surface area contributed by atoms with Gasteiger partial charge < -0.3 is 4.74 Å². The number of allylic oxidation sites excluding steroid dienone is 4. The van der Waals surface area contributed by atoms with Crippen LogP contribution in [0.2, 0.25) is 0 Å². The molecular formula is C17H22O2. The first-order valence-corrected chi connectivity index (χ1v) is 7.62. The molecule has 7 atom stereocenters. The fraction of sp³-hybridized carbons (Fsp3) is 0.706. The molecule has 4 aliphatic carbocycles. The van der Waals surface area contributed by atoms with Gasteiger partial charge in [0.1, 0.15) is 5.76 Å². The van der Waals surface area contributed by atoms with Crippen LogP contribution in [-0.2, 0) is 9.53 Å². The van der Waals surface area contributed by atoms with E-state index in [0.717, 1.165) is 41.3 Å². The number of carbonyl (C=O) groups is 1. The van der Waals surface area contributed by atoms with Crippen LogP contribution in [-0.4, -0.2) is 5.97 Å². The second-order valence-electron chi connectivity index (χ2n) is 7.11. The molecule has 2 bridgehead atoms. The van der Waals surface area contributed by atoms with Crippen LogP contribution in [0.3, 0.4) is 0 Å². The first-order chi connectivity index (χ1) is 9.09. The Morgan fingerprint density at radius 1 is 1.11 bits per heavy atom. The summed E-state index contributed by atoms with van der Waals surface area (Å²) in [6, 6.07) is 0. The van der Waals surface area contributed by atoms with E-state index < -0.39 is 0 Å². The van der Waals surface area contributed by atoms with Crippen molar-refractivity contribution in [2.75, 3.05) is 0 Å². The molecule has 0 radical (unpaired) electrons. The van der Waals surface area contributed by atoms with Gasteiger partial charge in [-0.05, 0) is 67.8 Å². The SMILES string of the molecule is CC(=O)OC(=C(C)C)[C@@H]1[C@H]2[C@H]3C[C@H]([C@H]4CC=C[C@H]43)[C@@H]12. The van der Waals surface area contributed by atoms with E-state index in [9.17, 15) is 4.79 Å². The molecule has 2 heteroatoms. The lowest BCUT2D eigenvalue weighted by atomic mass is 9.82. The smallest absolute Gasteiger partial charge is 0.307 e. The molecule has 0 spiro atoms. The second kappa shape index (κ2) is 3.74. The van der Waals surface area contributed by atoms with Crippen LogP contribution in [0.1, 0.15) is 33.6 Å². The van der Waals surface area contributed by atoms with E-state index in [1.165, 1.54) is 25.3 Å². The number of carbonyl (C=O) groups excluding carboxylic acids is 1. The number of rotatable bonds is 2. The van der Waals surface area contributed by atoms with Gasteiger partial charge in [0.05, 0.1) is 0 Å². The maximum Gasteiger partial charge on any atom is 0.307 e. The lowest BCUT2D eigenvalue weighted by molar-refractivity contribution is -0.137. The van der Waals surface area contributed by atoms with Crippen molar-refractivity contribution in [3.63, 3.8) is 0 Å². The molecule has 3 fully saturated rings. The summed E-state index contributed by atoms with van der Waals surface area (Å²) in [5, 5.41) is 0. The predicted octanol–water partition coefficient (Wildman–Crippen LogP) is 3.55. The van der Waals surface area contributed by atoms with Gasteiger partial charge in [-0.1, -0.05) is 12.2 Å². The molecule has 0 aromatic rings. The quantitative estimate of drug-likeness (QED) is 0.430. The maximum atomic E-state index is 11.3. The molecule has 0 amide bonds. The van der Waals surface area contributed by atoms with Crippen molar-refractivity contribution in [1.82, 2.24) is 0 Å². The third-order valence-electron chi connectivity index (χ3n) is 6.02. The average molecular weight is 258 g/mol. The number of hydrogen-bond acceptors (Lipinski definition) is 2. The van der Waals surface area contributed by atoms with Gasteiger partial charge in [0.2, 0.25) is 0 Å². The van der Waals surface area contributed by atoms with Crippen LogP contribution in [0.5, 0.6) is 0 Å². The number of fused-ring (bicyclic) bond motifs is 8. The first kappa shape index (κ1) is 11.7. The van der Waals surface area contributed by atoms with Crippen LogP contribution in [0.25, 0.3) is 0 Å². The molecule has 0 aromatic heterocycles. The third kappa shape index (κ3) is 1.46. The average Bonchev–Trinajstić information content (AvgIpc) is 2.72. The Morgan fingerprint density at radius 3 is 2.53 bits per heavy atom. The highest BCUT2D eigenvalue weighted by atomic mass is 16.5. The Kier molecular flexibility index (Phi) is 2.31. The van der Waals surface area contributed by atoms with Gasteiger partial charge in [-0.25, -0.2) is 0 Å². The van der Waals surface area contributed by atoms with Gasteiger partial charge in [0.15, 0.2) is 0 Å². The monoisotopic (exact) mass is 258 g/mol. The van der Waals surface area contributed by atoms with E-state index >= 15 is 0 Å². The Bertz CT molecular complexity index is 497. The minimum atomic E-state index is -0.159. The van der Waals surface area contributed by atoms with Crippen LogP contribution in [0.15, 0.2) is 23.5 Å². The molecular weight excluding hydrogens is 236 g/mol. The molecule has 4 rings (SSSR count). The summed E-state index contributed by atoms with van der Waals surface area (Å²) in [7, 11) is 0. The fourth-order valence-corrected chi connectivity index (χ4v) is 5.59. The van der Waals surface area contributed by atoms with Crippen molar-refractivity contribution in [3.8, 4) is 0 Å². The van der Waals surface area contributed by atoms with E-state index in [-0.39, 0.29) is 5.97 Å². The van der Waals surface area contributed by atoms with E-state index in [1.54, 1.807) is 0 Å². The van der Waals surface area contributed by atoms with Crippen LogP contribution in [0, 0.1) is 41.4 Å². The van der Waals surface area contributed by atoms with E-state index in [2.05, 4.69) is 26.0 Å². The highest BCUT2D eigenvalue weighted by Gasteiger charge is 2.71. The van der Waals surface area contributed by atoms with Crippen LogP contribution >= 0.6 is 0 Å². The van der Waals surface area contributed by atoms with Crippen molar-refractivity contribution < 1.29 is 9.53 Å².